The second-order valence-electron chi connectivity index (χ2n) is 10.1. The van der Waals surface area contributed by atoms with Crippen molar-refractivity contribution >= 4 is 18.1 Å². The molecule has 3 atom stereocenters. The van der Waals surface area contributed by atoms with E-state index in [-0.39, 0.29) is 17.8 Å². The Balaban J connectivity index is 1.13. The molecule has 2 aromatic heterocycles. The van der Waals surface area contributed by atoms with Gasteiger partial charge in [-0.3, -0.25) is 9.69 Å². The molecule has 38 heavy (non-hydrogen) atoms. The maximum absolute atomic E-state index is 13.3. The van der Waals surface area contributed by atoms with Crippen LogP contribution in [-0.4, -0.2) is 79.2 Å². The molecule has 5 heterocycles. The van der Waals surface area contributed by atoms with E-state index >= 15 is 0 Å². The Morgan fingerprint density at radius 2 is 1.66 bits per heavy atom. The number of halogens is 1. The van der Waals surface area contributed by atoms with Crippen LogP contribution < -0.4 is 4.90 Å². The molecule has 1 fully saturated rings. The molecule has 1 N–H and O–H groups in total. The summed E-state index contributed by atoms with van der Waals surface area (Å²) < 4.78 is 15.1. The molecule has 6 rings (SSSR count). The molecule has 0 bridgehead atoms. The summed E-state index contributed by atoms with van der Waals surface area (Å²) in [5, 5.41) is 22.0. The van der Waals surface area contributed by atoms with Gasteiger partial charge in [-0.15, -0.1) is 0 Å². The molecular weight excluding hydrogens is 485 g/mol. The van der Waals surface area contributed by atoms with Gasteiger partial charge >= 0.3 is 0 Å². The molecule has 11 heteroatoms. The SMILES string of the molecule is CC1C(c2cnn(C)c2)C=C2C(N3CCN(c4ncc(C(C)(O)c5ccc(F)cc5)cn4)CC3)=NC=NN21. The van der Waals surface area contributed by atoms with E-state index in [1.807, 2.05) is 17.9 Å². The van der Waals surface area contributed by atoms with Crippen LogP contribution >= 0.6 is 0 Å². The van der Waals surface area contributed by atoms with Gasteiger partial charge in [-0.25, -0.2) is 19.4 Å². The van der Waals surface area contributed by atoms with Crippen LogP contribution in [0.2, 0.25) is 0 Å². The number of rotatable bonds is 4. The Labute approximate surface area is 220 Å². The van der Waals surface area contributed by atoms with Crippen molar-refractivity contribution in [2.24, 2.45) is 17.1 Å². The number of aromatic nitrogens is 4. The third-order valence-corrected chi connectivity index (χ3v) is 7.65. The predicted molar refractivity (Wildman–Crippen MR) is 142 cm³/mol. The van der Waals surface area contributed by atoms with Gasteiger partial charge in [-0.2, -0.15) is 10.2 Å². The first kappa shape index (κ1) is 24.2. The number of hydrogen-bond acceptors (Lipinski definition) is 9. The molecule has 0 spiro atoms. The molecule has 0 aliphatic carbocycles. The molecule has 3 aliphatic rings. The maximum Gasteiger partial charge on any atom is 0.225 e. The Bertz CT molecular complexity index is 1400. The third-order valence-electron chi connectivity index (χ3n) is 7.65. The Morgan fingerprint density at radius 3 is 2.32 bits per heavy atom. The summed E-state index contributed by atoms with van der Waals surface area (Å²) in [7, 11) is 1.93. The van der Waals surface area contributed by atoms with Crippen molar-refractivity contribution in [3.05, 3.63) is 83.3 Å². The highest BCUT2D eigenvalue weighted by atomic mass is 19.1. The van der Waals surface area contributed by atoms with Crippen molar-refractivity contribution < 1.29 is 9.50 Å². The fraction of sp³-hybridized carbons (Fsp3) is 0.370. The van der Waals surface area contributed by atoms with Gasteiger partial charge in [0.2, 0.25) is 5.95 Å². The summed E-state index contributed by atoms with van der Waals surface area (Å²) in [6, 6.07) is 5.99. The van der Waals surface area contributed by atoms with Gasteiger partial charge in [0.05, 0.1) is 17.9 Å². The quantitative estimate of drug-likeness (QED) is 0.570. The van der Waals surface area contributed by atoms with E-state index in [9.17, 15) is 9.50 Å². The largest absolute Gasteiger partial charge is 0.381 e. The van der Waals surface area contributed by atoms with Crippen LogP contribution in [0.1, 0.15) is 36.5 Å². The highest BCUT2D eigenvalue weighted by Gasteiger charge is 2.38. The molecule has 10 nitrogen and oxygen atoms in total. The summed E-state index contributed by atoms with van der Waals surface area (Å²) in [6.07, 6.45) is 11.1. The number of hydrazone groups is 1. The van der Waals surface area contributed by atoms with Crippen LogP contribution in [0.15, 0.2) is 70.9 Å². The molecule has 3 aromatic rings. The molecule has 3 unspecified atom stereocenters. The standard InChI is InChI=1S/C27H30FN9O/c1-18-23(19-13-32-34(3)16-19)12-24-25(31-17-33-37(18)24)35-8-10-36(11-9-35)26-29-14-21(15-30-26)27(2,38)20-4-6-22(28)7-5-20/h4-7,12-18,23,38H,8-11H2,1-3H3. The number of hydrogen-bond donors (Lipinski definition) is 1. The van der Waals surface area contributed by atoms with Crippen LogP contribution in [0.5, 0.6) is 0 Å². The zero-order chi connectivity index (χ0) is 26.4. The molecule has 196 valence electrons. The molecule has 0 amide bonds. The van der Waals surface area contributed by atoms with E-state index in [1.54, 1.807) is 37.8 Å². The first-order valence-corrected chi connectivity index (χ1v) is 12.7. The minimum absolute atomic E-state index is 0.177. The van der Waals surface area contributed by atoms with Crippen LogP contribution in [0.3, 0.4) is 0 Å². The second-order valence-corrected chi connectivity index (χ2v) is 10.1. The minimum atomic E-state index is -1.32. The number of aliphatic imine (C=N–C) groups is 1. The van der Waals surface area contributed by atoms with Crippen LogP contribution in [0.4, 0.5) is 10.3 Å². The number of amidine groups is 1. The average molecular weight is 516 g/mol. The van der Waals surface area contributed by atoms with Gasteiger partial charge in [0.15, 0.2) is 5.84 Å². The van der Waals surface area contributed by atoms with E-state index in [0.29, 0.717) is 17.1 Å². The fourth-order valence-electron chi connectivity index (χ4n) is 5.33. The fourth-order valence-corrected chi connectivity index (χ4v) is 5.33. The van der Waals surface area contributed by atoms with Crippen molar-refractivity contribution in [2.45, 2.75) is 31.4 Å². The summed E-state index contributed by atoms with van der Waals surface area (Å²) in [6.45, 7) is 6.84. The highest BCUT2D eigenvalue weighted by Crippen LogP contribution is 2.37. The van der Waals surface area contributed by atoms with E-state index in [4.69, 9.17) is 0 Å². The van der Waals surface area contributed by atoms with Gasteiger partial charge < -0.3 is 14.9 Å². The molecule has 0 saturated carbocycles. The first-order chi connectivity index (χ1) is 18.3. The molecular formula is C27H30FN9O. The number of piperazine rings is 1. The van der Waals surface area contributed by atoms with Crippen molar-refractivity contribution in [2.75, 3.05) is 31.1 Å². The van der Waals surface area contributed by atoms with Crippen molar-refractivity contribution in [3.8, 4) is 0 Å². The average Bonchev–Trinajstić information content (AvgIpc) is 3.52. The van der Waals surface area contributed by atoms with Gasteiger partial charge in [0.25, 0.3) is 0 Å². The van der Waals surface area contributed by atoms with Gasteiger partial charge in [-0.1, -0.05) is 12.1 Å². The van der Waals surface area contributed by atoms with Crippen LogP contribution in [-0.2, 0) is 12.6 Å². The number of aliphatic hydroxyl groups is 1. The molecule has 3 aliphatic heterocycles. The van der Waals surface area contributed by atoms with Gasteiger partial charge in [0.1, 0.15) is 17.8 Å². The predicted octanol–water partition coefficient (Wildman–Crippen LogP) is 2.45. The summed E-state index contributed by atoms with van der Waals surface area (Å²) in [4.78, 5) is 18.2. The highest BCUT2D eigenvalue weighted by molar-refractivity contribution is 6.03. The lowest BCUT2D eigenvalue weighted by molar-refractivity contribution is 0.101. The normalized spacial score (nSPS) is 22.7. The van der Waals surface area contributed by atoms with Gasteiger partial charge in [0, 0.05) is 63.3 Å². The van der Waals surface area contributed by atoms with Gasteiger partial charge in [-0.05, 0) is 43.2 Å². The number of nitrogens with zero attached hydrogens (tertiary/aromatic N) is 9. The van der Waals surface area contributed by atoms with Crippen molar-refractivity contribution in [1.29, 1.82) is 0 Å². The lowest BCUT2D eigenvalue weighted by Gasteiger charge is -2.38. The number of fused-ring (bicyclic) bond motifs is 1. The Morgan fingerprint density at radius 1 is 0.974 bits per heavy atom. The third kappa shape index (κ3) is 4.22. The Kier molecular flexibility index (Phi) is 5.94. The van der Waals surface area contributed by atoms with E-state index < -0.39 is 5.60 Å². The monoisotopic (exact) mass is 515 g/mol. The zero-order valence-electron chi connectivity index (χ0n) is 21.6. The van der Waals surface area contributed by atoms with E-state index in [2.05, 4.69) is 59.2 Å². The minimum Gasteiger partial charge on any atom is -0.381 e. The second kappa shape index (κ2) is 9.32. The van der Waals surface area contributed by atoms with Crippen LogP contribution in [0, 0.1) is 5.82 Å². The summed E-state index contributed by atoms with van der Waals surface area (Å²) in [5.41, 5.74) is 2.01. The van der Waals surface area contributed by atoms with Crippen molar-refractivity contribution in [3.63, 3.8) is 0 Å². The smallest absolute Gasteiger partial charge is 0.225 e. The maximum atomic E-state index is 13.3. The molecule has 1 saturated heterocycles. The van der Waals surface area contributed by atoms with E-state index in [0.717, 1.165) is 37.7 Å². The lowest BCUT2D eigenvalue weighted by atomic mass is 9.90. The van der Waals surface area contributed by atoms with Crippen LogP contribution in [0.25, 0.3) is 0 Å². The topological polar surface area (TPSA) is 98.3 Å². The summed E-state index contributed by atoms with van der Waals surface area (Å²) in [5.74, 6) is 1.40. The molecule has 1 aromatic carbocycles. The summed E-state index contributed by atoms with van der Waals surface area (Å²) >= 11 is 0. The Hall–Kier alpha value is -4.12. The lowest BCUT2D eigenvalue weighted by Crippen LogP contribution is -2.51. The first-order valence-electron chi connectivity index (χ1n) is 12.7. The molecule has 0 radical (unpaired) electrons. The number of anilines is 1. The van der Waals surface area contributed by atoms with E-state index in [1.165, 1.54) is 17.7 Å². The van der Waals surface area contributed by atoms with Crippen molar-refractivity contribution in [1.82, 2.24) is 29.7 Å². The number of aryl methyl sites for hydroxylation is 1. The zero-order valence-corrected chi connectivity index (χ0v) is 21.6. The number of benzene rings is 1.